The van der Waals surface area contributed by atoms with E-state index < -0.39 is 0 Å². The van der Waals surface area contributed by atoms with Crippen LogP contribution in [0, 0.1) is 11.8 Å². The highest BCUT2D eigenvalue weighted by molar-refractivity contribution is 7.98. The fourth-order valence-corrected chi connectivity index (χ4v) is 1.78. The molecule has 1 aromatic heterocycles. The lowest BCUT2D eigenvalue weighted by molar-refractivity contribution is 0.0803. The van der Waals surface area contributed by atoms with Crippen molar-refractivity contribution < 1.29 is 4.79 Å². The normalized spacial score (nSPS) is 9.50. The number of nitrogens with two attached hydrogens (primary N) is 1. The summed E-state index contributed by atoms with van der Waals surface area (Å²) in [6.45, 7) is 1.02. The maximum atomic E-state index is 12.1. The molecule has 1 aromatic rings. The summed E-state index contributed by atoms with van der Waals surface area (Å²) in [4.78, 5) is 17.8. The zero-order chi connectivity index (χ0) is 13.4. The van der Waals surface area contributed by atoms with Crippen LogP contribution in [0.4, 0.5) is 0 Å². The molecule has 0 aliphatic heterocycles. The van der Waals surface area contributed by atoms with Gasteiger partial charge in [-0.15, -0.1) is 0 Å². The Balaban J connectivity index is 2.79. The summed E-state index contributed by atoms with van der Waals surface area (Å²) in [7, 11) is 1.79. The Bertz CT molecular complexity index is 465. The Morgan fingerprint density at radius 2 is 2.33 bits per heavy atom. The van der Waals surface area contributed by atoms with E-state index in [9.17, 15) is 4.79 Å². The maximum Gasteiger partial charge on any atom is 0.255 e. The van der Waals surface area contributed by atoms with Gasteiger partial charge in [0.05, 0.1) is 12.1 Å². The van der Waals surface area contributed by atoms with Crippen LogP contribution in [-0.4, -0.2) is 47.9 Å². The van der Waals surface area contributed by atoms with E-state index >= 15 is 0 Å². The zero-order valence-electron chi connectivity index (χ0n) is 10.6. The van der Waals surface area contributed by atoms with Gasteiger partial charge in [0.2, 0.25) is 0 Å². The van der Waals surface area contributed by atoms with Gasteiger partial charge in [-0.3, -0.25) is 9.78 Å². The Morgan fingerprint density at radius 1 is 1.56 bits per heavy atom. The maximum absolute atomic E-state index is 12.1. The minimum Gasteiger partial charge on any atom is -0.341 e. The van der Waals surface area contributed by atoms with Crippen LogP contribution in [0.25, 0.3) is 0 Å². The van der Waals surface area contributed by atoms with E-state index in [-0.39, 0.29) is 5.91 Å². The van der Waals surface area contributed by atoms with Crippen molar-refractivity contribution in [2.24, 2.45) is 5.73 Å². The van der Waals surface area contributed by atoms with Gasteiger partial charge in [-0.2, -0.15) is 11.8 Å². The van der Waals surface area contributed by atoms with Crippen LogP contribution >= 0.6 is 11.8 Å². The molecule has 0 spiro atoms. The summed E-state index contributed by atoms with van der Waals surface area (Å²) in [6, 6.07) is 1.74. The number of hydrogen-bond donors (Lipinski definition) is 1. The molecule has 0 radical (unpaired) electrons. The molecule has 18 heavy (non-hydrogen) atoms. The molecule has 0 aliphatic carbocycles. The first-order valence-electron chi connectivity index (χ1n) is 5.57. The fraction of sp³-hybridized carbons (Fsp3) is 0.385. The minimum absolute atomic E-state index is 0.0343. The van der Waals surface area contributed by atoms with Gasteiger partial charge in [-0.25, -0.2) is 0 Å². The summed E-state index contributed by atoms with van der Waals surface area (Å²) in [5.41, 5.74) is 6.58. The van der Waals surface area contributed by atoms with Crippen molar-refractivity contribution in [1.29, 1.82) is 0 Å². The zero-order valence-corrected chi connectivity index (χ0v) is 11.5. The van der Waals surface area contributed by atoms with Crippen LogP contribution in [0.5, 0.6) is 0 Å². The van der Waals surface area contributed by atoms with Gasteiger partial charge in [0.1, 0.15) is 0 Å². The van der Waals surface area contributed by atoms with Gasteiger partial charge < -0.3 is 10.6 Å². The third-order valence-corrected chi connectivity index (χ3v) is 2.89. The number of pyridine rings is 1. The molecule has 5 heteroatoms. The van der Waals surface area contributed by atoms with E-state index in [1.54, 1.807) is 42.2 Å². The summed E-state index contributed by atoms with van der Waals surface area (Å²) >= 11 is 1.71. The highest BCUT2D eigenvalue weighted by atomic mass is 32.2. The van der Waals surface area contributed by atoms with Crippen LogP contribution in [0.3, 0.4) is 0 Å². The average Bonchev–Trinajstić information content (AvgIpc) is 2.42. The van der Waals surface area contributed by atoms with Gasteiger partial charge >= 0.3 is 0 Å². The van der Waals surface area contributed by atoms with Crippen LogP contribution in [0.1, 0.15) is 15.9 Å². The van der Waals surface area contributed by atoms with E-state index in [0.717, 1.165) is 12.3 Å². The van der Waals surface area contributed by atoms with Crippen molar-refractivity contribution in [2.45, 2.75) is 0 Å². The molecule has 1 heterocycles. The number of nitrogens with zero attached hydrogens (tertiary/aromatic N) is 2. The standard InChI is InChI=1S/C13H17N3OS/c1-16(6-7-18-2)13(17)12-8-11(4-3-5-14)9-15-10-12/h8-10H,5-7,14H2,1-2H3. The van der Waals surface area contributed by atoms with E-state index in [2.05, 4.69) is 16.8 Å². The van der Waals surface area contributed by atoms with Gasteiger partial charge in [0.25, 0.3) is 5.91 Å². The fourth-order valence-electron chi connectivity index (χ4n) is 1.33. The van der Waals surface area contributed by atoms with Gasteiger partial charge in [0.15, 0.2) is 0 Å². The largest absolute Gasteiger partial charge is 0.341 e. The lowest BCUT2D eigenvalue weighted by Gasteiger charge is -2.16. The molecule has 4 nitrogen and oxygen atoms in total. The molecule has 0 aliphatic rings. The Morgan fingerprint density at radius 3 is 3.00 bits per heavy atom. The molecule has 0 bridgehead atoms. The first-order valence-corrected chi connectivity index (χ1v) is 6.96. The molecular weight excluding hydrogens is 246 g/mol. The van der Waals surface area contributed by atoms with Crippen LogP contribution in [0.2, 0.25) is 0 Å². The molecule has 2 N–H and O–H groups in total. The smallest absolute Gasteiger partial charge is 0.255 e. The monoisotopic (exact) mass is 263 g/mol. The van der Waals surface area contributed by atoms with Crippen molar-refractivity contribution in [3.63, 3.8) is 0 Å². The second-order valence-corrected chi connectivity index (χ2v) is 4.67. The van der Waals surface area contributed by atoms with Gasteiger partial charge in [0, 0.05) is 37.3 Å². The average molecular weight is 263 g/mol. The number of amides is 1. The Hall–Kier alpha value is -1.51. The summed E-state index contributed by atoms with van der Waals surface area (Å²) in [6.07, 6.45) is 5.20. The molecule has 0 unspecified atom stereocenters. The predicted molar refractivity (Wildman–Crippen MR) is 75.5 cm³/mol. The van der Waals surface area contributed by atoms with Gasteiger partial charge in [-0.05, 0) is 12.3 Å². The number of carbonyl (C=O) groups excluding carboxylic acids is 1. The topological polar surface area (TPSA) is 59.2 Å². The highest BCUT2D eigenvalue weighted by Gasteiger charge is 2.11. The van der Waals surface area contributed by atoms with Gasteiger partial charge in [-0.1, -0.05) is 11.8 Å². The van der Waals surface area contributed by atoms with Crippen LogP contribution in [0.15, 0.2) is 18.5 Å². The number of aromatic nitrogens is 1. The molecular formula is C13H17N3OS. The lowest BCUT2D eigenvalue weighted by Crippen LogP contribution is -2.29. The first-order chi connectivity index (χ1) is 8.69. The number of hydrogen-bond acceptors (Lipinski definition) is 4. The van der Waals surface area contributed by atoms with Crippen LogP contribution in [-0.2, 0) is 0 Å². The second kappa shape index (κ2) is 7.75. The van der Waals surface area contributed by atoms with E-state index in [0.29, 0.717) is 17.7 Å². The van der Waals surface area contributed by atoms with Crippen molar-refractivity contribution in [2.75, 3.05) is 32.1 Å². The molecule has 1 rings (SSSR count). The Labute approximate surface area is 112 Å². The van der Waals surface area contributed by atoms with E-state index in [1.807, 2.05) is 6.26 Å². The second-order valence-electron chi connectivity index (χ2n) is 3.69. The molecule has 0 saturated carbocycles. The van der Waals surface area contributed by atoms with E-state index in [1.165, 1.54) is 0 Å². The molecule has 0 saturated heterocycles. The number of carbonyl (C=O) groups is 1. The summed E-state index contributed by atoms with van der Waals surface area (Å²) in [5, 5.41) is 0. The van der Waals surface area contributed by atoms with E-state index in [4.69, 9.17) is 5.73 Å². The molecule has 0 aromatic carbocycles. The van der Waals surface area contributed by atoms with Crippen LogP contribution < -0.4 is 5.73 Å². The Kier molecular flexibility index (Phi) is 6.26. The summed E-state index contributed by atoms with van der Waals surface area (Å²) in [5.74, 6) is 6.50. The molecule has 1 amide bonds. The van der Waals surface area contributed by atoms with Crippen molar-refractivity contribution in [3.8, 4) is 11.8 Å². The highest BCUT2D eigenvalue weighted by Crippen LogP contribution is 2.05. The SMILES string of the molecule is CSCCN(C)C(=O)c1cncc(C#CCN)c1. The number of thioether (sulfide) groups is 1. The molecule has 0 fully saturated rings. The summed E-state index contributed by atoms with van der Waals surface area (Å²) < 4.78 is 0. The first kappa shape index (κ1) is 14.6. The van der Waals surface area contributed by atoms with Crippen molar-refractivity contribution >= 4 is 17.7 Å². The third kappa shape index (κ3) is 4.40. The minimum atomic E-state index is -0.0343. The van der Waals surface area contributed by atoms with Crippen molar-refractivity contribution in [1.82, 2.24) is 9.88 Å². The molecule has 96 valence electrons. The lowest BCUT2D eigenvalue weighted by atomic mass is 10.2. The molecule has 0 atom stereocenters. The predicted octanol–water partition coefficient (Wildman–Crippen LogP) is 0.827. The van der Waals surface area contributed by atoms with Crippen molar-refractivity contribution in [3.05, 3.63) is 29.6 Å². The third-order valence-electron chi connectivity index (χ3n) is 2.30. The quantitative estimate of drug-likeness (QED) is 0.817. The number of rotatable bonds is 4.